The van der Waals surface area contributed by atoms with Crippen LogP contribution in [0.4, 0.5) is 0 Å². The molecule has 1 N–H and O–H groups in total. The molecule has 80 valence electrons. The molecular weight excluding hydrogens is 180 g/mol. The molecule has 0 amide bonds. The van der Waals surface area contributed by atoms with Crippen molar-refractivity contribution in [3.05, 3.63) is 11.3 Å². The predicted octanol–water partition coefficient (Wildman–Crippen LogP) is 2.57. The summed E-state index contributed by atoms with van der Waals surface area (Å²) in [6.45, 7) is 3.75. The summed E-state index contributed by atoms with van der Waals surface area (Å²) in [4.78, 5) is 11.3. The fourth-order valence-electron chi connectivity index (χ4n) is 1.85. The van der Waals surface area contributed by atoms with Gasteiger partial charge in [-0.25, -0.2) is 4.79 Å². The third-order valence-corrected chi connectivity index (χ3v) is 2.71. The summed E-state index contributed by atoms with van der Waals surface area (Å²) >= 11 is 0. The number of hydrogen-bond donors (Lipinski definition) is 1. The number of allylic oxidation sites excluding steroid dienone is 1. The van der Waals surface area contributed by atoms with Crippen molar-refractivity contribution in [2.45, 2.75) is 39.5 Å². The highest BCUT2D eigenvalue weighted by molar-refractivity contribution is 5.88. The number of ether oxygens (including phenoxy) is 1. The maximum absolute atomic E-state index is 11.3. The molecule has 3 heteroatoms. The van der Waals surface area contributed by atoms with Gasteiger partial charge in [0.2, 0.25) is 0 Å². The summed E-state index contributed by atoms with van der Waals surface area (Å²) < 4.78 is 4.83. The molecule has 1 saturated carbocycles. The first-order valence-electron chi connectivity index (χ1n) is 5.23. The predicted molar refractivity (Wildman–Crippen MR) is 53.9 cm³/mol. The number of esters is 1. The van der Waals surface area contributed by atoms with Crippen molar-refractivity contribution in [2.24, 2.45) is 5.92 Å². The summed E-state index contributed by atoms with van der Waals surface area (Å²) in [5, 5.41) is 9.79. The largest absolute Gasteiger partial charge is 0.511 e. The van der Waals surface area contributed by atoms with E-state index in [1.807, 2.05) is 0 Å². The minimum atomic E-state index is -0.392. The monoisotopic (exact) mass is 198 g/mol. The number of aliphatic hydroxyl groups is 1. The van der Waals surface area contributed by atoms with Gasteiger partial charge >= 0.3 is 5.97 Å². The van der Waals surface area contributed by atoms with Crippen molar-refractivity contribution in [1.29, 1.82) is 0 Å². The van der Waals surface area contributed by atoms with E-state index in [-0.39, 0.29) is 11.7 Å². The van der Waals surface area contributed by atoms with Crippen molar-refractivity contribution >= 4 is 5.97 Å². The second kappa shape index (κ2) is 5.03. The first-order chi connectivity index (χ1) is 6.66. The molecule has 0 aromatic rings. The zero-order chi connectivity index (χ0) is 10.6. The first-order valence-corrected chi connectivity index (χ1v) is 5.23. The van der Waals surface area contributed by atoms with Gasteiger partial charge in [-0.05, 0) is 26.7 Å². The highest BCUT2D eigenvalue weighted by atomic mass is 16.5. The second-order valence-electron chi connectivity index (χ2n) is 3.71. The van der Waals surface area contributed by atoms with Crippen LogP contribution in [0.3, 0.4) is 0 Å². The Bertz CT molecular complexity index is 237. The molecular formula is C11H18O3. The molecule has 1 aliphatic rings. The lowest BCUT2D eigenvalue weighted by molar-refractivity contribution is -0.138. The molecule has 0 atom stereocenters. The van der Waals surface area contributed by atoms with Gasteiger partial charge in [-0.1, -0.05) is 12.8 Å². The van der Waals surface area contributed by atoms with E-state index in [9.17, 15) is 9.90 Å². The Morgan fingerprint density at radius 1 is 1.43 bits per heavy atom. The van der Waals surface area contributed by atoms with Crippen LogP contribution in [-0.2, 0) is 9.53 Å². The van der Waals surface area contributed by atoms with E-state index in [1.54, 1.807) is 13.8 Å². The summed E-state index contributed by atoms with van der Waals surface area (Å²) in [7, 11) is 0. The molecule has 0 radical (unpaired) electrons. The van der Waals surface area contributed by atoms with Gasteiger partial charge in [0.15, 0.2) is 0 Å². The zero-order valence-corrected chi connectivity index (χ0v) is 8.88. The number of carbonyl (C=O) groups is 1. The Morgan fingerprint density at radius 3 is 2.50 bits per heavy atom. The lowest BCUT2D eigenvalue weighted by Crippen LogP contribution is -2.11. The second-order valence-corrected chi connectivity index (χ2v) is 3.71. The number of rotatable bonds is 3. The first kappa shape index (κ1) is 11.1. The van der Waals surface area contributed by atoms with Gasteiger partial charge in [0.1, 0.15) is 5.76 Å². The van der Waals surface area contributed by atoms with E-state index in [0.29, 0.717) is 12.2 Å². The van der Waals surface area contributed by atoms with Gasteiger partial charge in [0.25, 0.3) is 0 Å². The minimum absolute atomic E-state index is 0.180. The maximum Gasteiger partial charge on any atom is 0.337 e. The summed E-state index contributed by atoms with van der Waals surface area (Å²) in [6.07, 6.45) is 4.26. The molecule has 1 aliphatic carbocycles. The van der Waals surface area contributed by atoms with Crippen LogP contribution in [0.15, 0.2) is 11.3 Å². The molecule has 0 unspecified atom stereocenters. The van der Waals surface area contributed by atoms with Crippen molar-refractivity contribution in [3.63, 3.8) is 0 Å². The zero-order valence-electron chi connectivity index (χ0n) is 8.88. The van der Waals surface area contributed by atoms with Crippen molar-refractivity contribution in [3.8, 4) is 0 Å². The normalized spacial score (nSPS) is 19.3. The van der Waals surface area contributed by atoms with Gasteiger partial charge in [-0.3, -0.25) is 0 Å². The molecule has 0 aromatic heterocycles. The Morgan fingerprint density at radius 2 is 2.00 bits per heavy atom. The Balaban J connectivity index is 2.65. The molecule has 1 fully saturated rings. The smallest absolute Gasteiger partial charge is 0.337 e. The summed E-state index contributed by atoms with van der Waals surface area (Å²) in [6, 6.07) is 0. The van der Waals surface area contributed by atoms with Crippen LogP contribution >= 0.6 is 0 Å². The third-order valence-electron chi connectivity index (χ3n) is 2.71. The van der Waals surface area contributed by atoms with Crippen LogP contribution in [0.2, 0.25) is 0 Å². The molecule has 0 spiro atoms. The minimum Gasteiger partial charge on any atom is -0.511 e. The molecule has 0 aliphatic heterocycles. The van der Waals surface area contributed by atoms with Crippen LogP contribution in [0.5, 0.6) is 0 Å². The molecule has 0 bridgehead atoms. The molecule has 0 aromatic carbocycles. The summed E-state index contributed by atoms with van der Waals surface area (Å²) in [5.74, 6) is 0.0252. The molecule has 1 rings (SSSR count). The van der Waals surface area contributed by atoms with Crippen LogP contribution in [0.25, 0.3) is 0 Å². The van der Waals surface area contributed by atoms with Gasteiger partial charge in [-0.15, -0.1) is 0 Å². The van der Waals surface area contributed by atoms with E-state index in [2.05, 4.69) is 0 Å². The van der Waals surface area contributed by atoms with E-state index in [0.717, 1.165) is 25.7 Å². The van der Waals surface area contributed by atoms with Gasteiger partial charge < -0.3 is 9.84 Å². The third kappa shape index (κ3) is 2.50. The molecule has 3 nitrogen and oxygen atoms in total. The molecule has 14 heavy (non-hydrogen) atoms. The lowest BCUT2D eigenvalue weighted by atomic mass is 10.0. The highest BCUT2D eigenvalue weighted by Crippen LogP contribution is 2.31. The standard InChI is InChI=1S/C11H18O3/c1-3-14-11(13)8(2)10(12)9-6-4-5-7-9/h9,12H,3-7H2,1-2H3. The van der Waals surface area contributed by atoms with Crippen LogP contribution in [0.1, 0.15) is 39.5 Å². The number of aliphatic hydroxyl groups excluding tert-OH is 1. The van der Waals surface area contributed by atoms with Crippen molar-refractivity contribution < 1.29 is 14.6 Å². The topological polar surface area (TPSA) is 46.5 Å². The fourth-order valence-corrected chi connectivity index (χ4v) is 1.85. The number of carbonyl (C=O) groups excluding carboxylic acids is 1. The van der Waals surface area contributed by atoms with Crippen LogP contribution < -0.4 is 0 Å². The summed E-state index contributed by atoms with van der Waals surface area (Å²) in [5.41, 5.74) is 0.374. The van der Waals surface area contributed by atoms with Crippen molar-refractivity contribution in [1.82, 2.24) is 0 Å². The van der Waals surface area contributed by atoms with E-state index >= 15 is 0 Å². The quantitative estimate of drug-likeness (QED) is 0.430. The van der Waals surface area contributed by atoms with Gasteiger partial charge in [0.05, 0.1) is 12.2 Å². The SMILES string of the molecule is CCOC(=O)C(C)=C(O)C1CCCC1. The maximum atomic E-state index is 11.3. The van der Waals surface area contributed by atoms with Crippen LogP contribution in [-0.4, -0.2) is 17.7 Å². The average Bonchev–Trinajstić information content (AvgIpc) is 2.68. The van der Waals surface area contributed by atoms with Gasteiger partial charge in [0, 0.05) is 5.92 Å². The van der Waals surface area contributed by atoms with E-state index in [1.165, 1.54) is 0 Å². The average molecular weight is 198 g/mol. The lowest BCUT2D eigenvalue weighted by Gasteiger charge is -2.11. The van der Waals surface area contributed by atoms with Crippen molar-refractivity contribution in [2.75, 3.05) is 6.61 Å². The van der Waals surface area contributed by atoms with Crippen LogP contribution in [0, 0.1) is 5.92 Å². The Labute approximate surface area is 84.8 Å². The van der Waals surface area contributed by atoms with Gasteiger partial charge in [-0.2, -0.15) is 0 Å². The Hall–Kier alpha value is -0.990. The van der Waals surface area contributed by atoms with E-state index in [4.69, 9.17) is 4.74 Å². The molecule has 0 heterocycles. The highest BCUT2D eigenvalue weighted by Gasteiger charge is 2.23. The fraction of sp³-hybridized carbons (Fsp3) is 0.727. The van der Waals surface area contributed by atoms with E-state index < -0.39 is 5.97 Å². The Kier molecular flexibility index (Phi) is 3.98. The molecule has 0 saturated heterocycles. The number of hydrogen-bond acceptors (Lipinski definition) is 3.